The zero-order chi connectivity index (χ0) is 14.2. The molecule has 1 unspecified atom stereocenters. The fourth-order valence-corrected chi connectivity index (χ4v) is 3.64. The normalized spacial score (nSPS) is 17.4. The van der Waals surface area contributed by atoms with E-state index >= 15 is 0 Å². The lowest BCUT2D eigenvalue weighted by atomic mass is 10.3. The first-order valence-corrected chi connectivity index (χ1v) is 7.95. The van der Waals surface area contributed by atoms with Crippen molar-refractivity contribution in [3.63, 3.8) is 0 Å². The zero-order valence-electron chi connectivity index (χ0n) is 10.8. The molecule has 1 atom stereocenters. The standard InChI is InChI=1S/C14H15N3O2S/c15-12-7-6-11(20(16,18)10-4-5-10)9-13(12)19-14-3-1-2-8-17-14/h1-3,6-10,16H,4-5,15H2. The van der Waals surface area contributed by atoms with Gasteiger partial charge >= 0.3 is 0 Å². The number of hydrogen-bond acceptors (Lipinski definition) is 5. The largest absolute Gasteiger partial charge is 0.437 e. The van der Waals surface area contributed by atoms with E-state index in [1.165, 1.54) is 0 Å². The third kappa shape index (κ3) is 2.46. The van der Waals surface area contributed by atoms with E-state index in [-0.39, 0.29) is 5.25 Å². The molecule has 6 heteroatoms. The summed E-state index contributed by atoms with van der Waals surface area (Å²) in [6, 6.07) is 10.2. The van der Waals surface area contributed by atoms with Crippen molar-refractivity contribution in [1.82, 2.24) is 4.98 Å². The van der Waals surface area contributed by atoms with Gasteiger partial charge in [0.1, 0.15) is 0 Å². The van der Waals surface area contributed by atoms with Crippen LogP contribution in [0.25, 0.3) is 0 Å². The minimum atomic E-state index is -2.75. The molecule has 1 fully saturated rings. The zero-order valence-corrected chi connectivity index (χ0v) is 11.6. The first kappa shape index (κ1) is 12.9. The molecule has 0 spiro atoms. The summed E-state index contributed by atoms with van der Waals surface area (Å²) in [5.41, 5.74) is 6.30. The summed E-state index contributed by atoms with van der Waals surface area (Å²) >= 11 is 0. The smallest absolute Gasteiger partial charge is 0.219 e. The summed E-state index contributed by atoms with van der Waals surface area (Å²) in [5.74, 6) is 0.807. The number of nitrogens with one attached hydrogen (secondary N) is 1. The Hall–Kier alpha value is -2.08. The van der Waals surface area contributed by atoms with Crippen LogP contribution in [0.4, 0.5) is 5.69 Å². The molecular formula is C14H15N3O2S. The van der Waals surface area contributed by atoms with Gasteiger partial charge in [-0.1, -0.05) is 6.07 Å². The predicted octanol–water partition coefficient (Wildman–Crippen LogP) is 3.02. The van der Waals surface area contributed by atoms with Gasteiger partial charge in [0.2, 0.25) is 5.88 Å². The number of nitrogens with zero attached hydrogens (tertiary/aromatic N) is 1. The number of rotatable bonds is 4. The van der Waals surface area contributed by atoms with Gasteiger partial charge in [-0.15, -0.1) is 0 Å². The maximum absolute atomic E-state index is 12.4. The number of nitrogen functional groups attached to an aromatic ring is 1. The number of benzene rings is 1. The summed E-state index contributed by atoms with van der Waals surface area (Å²) in [4.78, 5) is 4.53. The molecule has 0 amide bonds. The van der Waals surface area contributed by atoms with E-state index in [2.05, 4.69) is 4.98 Å². The number of anilines is 1. The summed E-state index contributed by atoms with van der Waals surface area (Å²) in [6.45, 7) is 0. The Bertz CT molecular complexity index is 725. The second kappa shape index (κ2) is 4.79. The van der Waals surface area contributed by atoms with Crippen LogP contribution in [0, 0.1) is 4.78 Å². The highest BCUT2D eigenvalue weighted by Crippen LogP contribution is 2.37. The quantitative estimate of drug-likeness (QED) is 0.847. The lowest BCUT2D eigenvalue weighted by molar-refractivity contribution is 0.464. The van der Waals surface area contributed by atoms with Crippen molar-refractivity contribution in [2.24, 2.45) is 0 Å². The predicted molar refractivity (Wildman–Crippen MR) is 77.3 cm³/mol. The van der Waals surface area contributed by atoms with Gasteiger partial charge in [0.25, 0.3) is 0 Å². The molecule has 1 aliphatic rings. The lowest BCUT2D eigenvalue weighted by Gasteiger charge is -2.11. The molecule has 104 valence electrons. The Labute approximate surface area is 117 Å². The number of ether oxygens (including phenoxy) is 1. The number of hydrogen-bond donors (Lipinski definition) is 2. The van der Waals surface area contributed by atoms with E-state index in [0.29, 0.717) is 22.2 Å². The molecule has 3 N–H and O–H groups in total. The molecule has 1 aromatic carbocycles. The summed E-state index contributed by atoms with van der Waals surface area (Å²) in [5, 5.41) is -0.0335. The Kier molecular flexibility index (Phi) is 3.10. The molecule has 5 nitrogen and oxygen atoms in total. The van der Waals surface area contributed by atoms with E-state index in [4.69, 9.17) is 15.3 Å². The summed E-state index contributed by atoms with van der Waals surface area (Å²) < 4.78 is 26.1. The average molecular weight is 289 g/mol. The van der Waals surface area contributed by atoms with Gasteiger partial charge in [-0.2, -0.15) is 0 Å². The fourth-order valence-electron chi connectivity index (χ4n) is 1.90. The summed E-state index contributed by atoms with van der Waals surface area (Å²) in [7, 11) is -2.75. The van der Waals surface area contributed by atoms with E-state index in [1.807, 2.05) is 0 Å². The van der Waals surface area contributed by atoms with E-state index < -0.39 is 9.73 Å². The highest BCUT2D eigenvalue weighted by molar-refractivity contribution is 7.93. The third-order valence-electron chi connectivity index (χ3n) is 3.18. The molecular weight excluding hydrogens is 274 g/mol. The van der Waals surface area contributed by atoms with Crippen LogP contribution in [0.3, 0.4) is 0 Å². The molecule has 1 heterocycles. The van der Waals surface area contributed by atoms with Gasteiger partial charge in [0.05, 0.1) is 20.3 Å². The van der Waals surface area contributed by atoms with Gasteiger partial charge < -0.3 is 10.5 Å². The van der Waals surface area contributed by atoms with Crippen molar-refractivity contribution in [1.29, 1.82) is 4.78 Å². The number of aromatic nitrogens is 1. The van der Waals surface area contributed by atoms with Gasteiger partial charge in [0, 0.05) is 23.6 Å². The van der Waals surface area contributed by atoms with Gasteiger partial charge in [0.15, 0.2) is 5.75 Å². The van der Waals surface area contributed by atoms with Gasteiger partial charge in [-0.05, 0) is 31.0 Å². The third-order valence-corrected chi connectivity index (χ3v) is 5.55. The monoisotopic (exact) mass is 289 g/mol. The number of pyridine rings is 1. The van der Waals surface area contributed by atoms with E-state index in [1.54, 1.807) is 42.6 Å². The van der Waals surface area contributed by atoms with Crippen molar-refractivity contribution < 1.29 is 8.95 Å². The summed E-state index contributed by atoms with van der Waals surface area (Å²) in [6.07, 6.45) is 3.32. The van der Waals surface area contributed by atoms with Crippen LogP contribution in [0.5, 0.6) is 11.6 Å². The second-order valence-corrected chi connectivity index (χ2v) is 7.11. The first-order valence-electron chi connectivity index (χ1n) is 6.33. The van der Waals surface area contributed by atoms with E-state index in [9.17, 15) is 4.21 Å². The van der Waals surface area contributed by atoms with Crippen LogP contribution < -0.4 is 10.5 Å². The second-order valence-electron chi connectivity index (χ2n) is 4.77. The SMILES string of the molecule is N=S(=O)(c1ccc(N)c(Oc2ccccn2)c1)C1CC1. The van der Waals surface area contributed by atoms with Crippen molar-refractivity contribution in [2.75, 3.05) is 5.73 Å². The van der Waals surface area contributed by atoms with Crippen LogP contribution in [0.2, 0.25) is 0 Å². The molecule has 2 aromatic rings. The maximum atomic E-state index is 12.4. The van der Waals surface area contributed by atoms with Crippen LogP contribution in [-0.4, -0.2) is 14.4 Å². The average Bonchev–Trinajstić information content (AvgIpc) is 3.27. The first-order chi connectivity index (χ1) is 9.57. The van der Waals surface area contributed by atoms with Crippen LogP contribution in [0.15, 0.2) is 47.5 Å². The molecule has 0 saturated heterocycles. The van der Waals surface area contributed by atoms with Crippen molar-refractivity contribution >= 4 is 15.4 Å². The molecule has 3 rings (SSSR count). The fraction of sp³-hybridized carbons (Fsp3) is 0.214. The molecule has 20 heavy (non-hydrogen) atoms. The Morgan fingerprint density at radius 1 is 1.30 bits per heavy atom. The molecule has 0 bridgehead atoms. The number of nitrogens with two attached hydrogens (primary N) is 1. The minimum absolute atomic E-state index is 0.0335. The Morgan fingerprint density at radius 3 is 2.75 bits per heavy atom. The molecule has 1 aliphatic carbocycles. The van der Waals surface area contributed by atoms with Gasteiger partial charge in [-0.3, -0.25) is 0 Å². The van der Waals surface area contributed by atoms with Crippen molar-refractivity contribution in [2.45, 2.75) is 23.0 Å². The van der Waals surface area contributed by atoms with Crippen LogP contribution >= 0.6 is 0 Å². The molecule has 1 aromatic heterocycles. The Morgan fingerprint density at radius 2 is 2.10 bits per heavy atom. The molecule has 0 radical (unpaired) electrons. The minimum Gasteiger partial charge on any atom is -0.437 e. The molecule has 1 saturated carbocycles. The highest BCUT2D eigenvalue weighted by atomic mass is 32.2. The lowest BCUT2D eigenvalue weighted by Crippen LogP contribution is -2.06. The Balaban J connectivity index is 1.95. The van der Waals surface area contributed by atoms with Crippen molar-refractivity contribution in [3.05, 3.63) is 42.6 Å². The molecule has 0 aliphatic heterocycles. The maximum Gasteiger partial charge on any atom is 0.219 e. The van der Waals surface area contributed by atoms with Crippen molar-refractivity contribution in [3.8, 4) is 11.6 Å². The van der Waals surface area contributed by atoms with Gasteiger partial charge in [-0.25, -0.2) is 14.0 Å². The highest BCUT2D eigenvalue weighted by Gasteiger charge is 2.34. The van der Waals surface area contributed by atoms with E-state index in [0.717, 1.165) is 12.8 Å². The van der Waals surface area contributed by atoms with Crippen LogP contribution in [-0.2, 0) is 9.73 Å². The van der Waals surface area contributed by atoms with Crippen LogP contribution in [0.1, 0.15) is 12.8 Å². The topological polar surface area (TPSA) is 89.1 Å².